The molecule has 1 fully saturated rings. The Morgan fingerprint density at radius 1 is 1.10 bits per heavy atom. The Bertz CT molecular complexity index is 382. The van der Waals surface area contributed by atoms with Crippen molar-refractivity contribution in [3.05, 3.63) is 29.8 Å². The molecule has 0 aliphatic carbocycles. The first-order valence-corrected chi connectivity index (χ1v) is 8.04. The standard InChI is InChI=1S/C17H28N2O/c1-4-18-11-13-19(14-12-18)15(2)5-6-16-7-9-17(20-3)10-8-16/h7-10,15H,4-6,11-14H2,1-3H3/p+2/t15-/m1/s1. The molecule has 0 aromatic heterocycles. The second-order valence-corrected chi connectivity index (χ2v) is 6.05. The Morgan fingerprint density at radius 2 is 1.75 bits per heavy atom. The lowest BCUT2D eigenvalue weighted by Gasteiger charge is -2.32. The normalized spacial score (nSPS) is 24.4. The van der Waals surface area contributed by atoms with Gasteiger partial charge in [0.2, 0.25) is 0 Å². The van der Waals surface area contributed by atoms with Gasteiger partial charge in [-0.25, -0.2) is 0 Å². The Hall–Kier alpha value is -1.06. The number of ether oxygens (including phenoxy) is 1. The summed E-state index contributed by atoms with van der Waals surface area (Å²) in [4.78, 5) is 3.58. The van der Waals surface area contributed by atoms with E-state index in [1.165, 1.54) is 51.1 Å². The van der Waals surface area contributed by atoms with Gasteiger partial charge in [0.05, 0.1) is 19.7 Å². The fraction of sp³-hybridized carbons (Fsp3) is 0.647. The molecular formula is C17H30N2O+2. The van der Waals surface area contributed by atoms with Crippen LogP contribution in [0.15, 0.2) is 24.3 Å². The van der Waals surface area contributed by atoms with Crippen LogP contribution in [0, 0.1) is 0 Å². The highest BCUT2D eigenvalue weighted by atomic mass is 16.5. The van der Waals surface area contributed by atoms with Gasteiger partial charge in [-0.2, -0.15) is 0 Å². The van der Waals surface area contributed by atoms with E-state index in [-0.39, 0.29) is 0 Å². The fourth-order valence-electron chi connectivity index (χ4n) is 3.15. The SMILES string of the molecule is CC[NH+]1CC[NH+]([C@H](C)CCc2ccc(OC)cc2)CC1. The van der Waals surface area contributed by atoms with E-state index >= 15 is 0 Å². The summed E-state index contributed by atoms with van der Waals surface area (Å²) in [6.45, 7) is 11.4. The zero-order valence-corrected chi connectivity index (χ0v) is 13.2. The number of methoxy groups -OCH3 is 1. The van der Waals surface area contributed by atoms with Crippen LogP contribution < -0.4 is 14.5 Å². The predicted molar refractivity (Wildman–Crippen MR) is 82.7 cm³/mol. The average Bonchev–Trinajstić information content (AvgIpc) is 2.53. The van der Waals surface area contributed by atoms with Gasteiger partial charge in [-0.05, 0) is 38.0 Å². The number of rotatable bonds is 6. The lowest BCUT2D eigenvalue weighted by molar-refractivity contribution is -1.02. The quantitative estimate of drug-likeness (QED) is 0.739. The van der Waals surface area contributed by atoms with Crippen LogP contribution in [-0.2, 0) is 6.42 Å². The first-order chi connectivity index (χ1) is 9.72. The first kappa shape index (κ1) is 15.3. The lowest BCUT2D eigenvalue weighted by Crippen LogP contribution is -3.29. The third kappa shape index (κ3) is 4.22. The summed E-state index contributed by atoms with van der Waals surface area (Å²) in [5.41, 5.74) is 1.43. The molecule has 3 nitrogen and oxygen atoms in total. The predicted octanol–water partition coefficient (Wildman–Crippen LogP) is -0.180. The van der Waals surface area contributed by atoms with Crippen LogP contribution in [0.5, 0.6) is 5.75 Å². The minimum atomic E-state index is 0.774. The van der Waals surface area contributed by atoms with E-state index in [1.54, 1.807) is 16.9 Å². The van der Waals surface area contributed by atoms with Crippen LogP contribution in [0.4, 0.5) is 0 Å². The first-order valence-electron chi connectivity index (χ1n) is 8.04. The maximum Gasteiger partial charge on any atom is 0.127 e. The molecule has 112 valence electrons. The molecule has 1 aromatic carbocycles. The van der Waals surface area contributed by atoms with Gasteiger partial charge in [-0.3, -0.25) is 0 Å². The van der Waals surface area contributed by atoms with Crippen molar-refractivity contribution in [2.24, 2.45) is 0 Å². The maximum absolute atomic E-state index is 5.20. The molecule has 0 saturated carbocycles. The number of hydrogen-bond acceptors (Lipinski definition) is 1. The molecule has 1 heterocycles. The van der Waals surface area contributed by atoms with Gasteiger partial charge in [-0.1, -0.05) is 12.1 Å². The second-order valence-electron chi connectivity index (χ2n) is 6.05. The summed E-state index contributed by atoms with van der Waals surface area (Å²) in [5, 5.41) is 0. The van der Waals surface area contributed by atoms with Gasteiger partial charge in [0, 0.05) is 6.42 Å². The van der Waals surface area contributed by atoms with E-state index in [0.29, 0.717) is 0 Å². The highest BCUT2D eigenvalue weighted by Crippen LogP contribution is 2.12. The molecule has 1 saturated heterocycles. The van der Waals surface area contributed by atoms with Crippen LogP contribution in [0.3, 0.4) is 0 Å². The Kier molecular flexibility index (Phi) is 5.86. The van der Waals surface area contributed by atoms with Crippen molar-refractivity contribution in [3.8, 4) is 5.75 Å². The number of nitrogens with one attached hydrogen (secondary N) is 2. The zero-order valence-electron chi connectivity index (χ0n) is 13.2. The fourth-order valence-corrected chi connectivity index (χ4v) is 3.15. The molecule has 2 N–H and O–H groups in total. The van der Waals surface area contributed by atoms with Crippen LogP contribution in [0.25, 0.3) is 0 Å². The molecule has 0 amide bonds. The minimum absolute atomic E-state index is 0.774. The van der Waals surface area contributed by atoms with Crippen molar-refractivity contribution in [3.63, 3.8) is 0 Å². The molecule has 0 bridgehead atoms. The highest BCUT2D eigenvalue weighted by Gasteiger charge is 2.25. The zero-order chi connectivity index (χ0) is 14.4. The van der Waals surface area contributed by atoms with Gasteiger partial charge in [0.15, 0.2) is 0 Å². The molecule has 1 aliphatic heterocycles. The van der Waals surface area contributed by atoms with E-state index in [9.17, 15) is 0 Å². The number of likely N-dealkylation sites (N-methyl/N-ethyl adjacent to an activating group) is 1. The van der Waals surface area contributed by atoms with Crippen molar-refractivity contribution in [1.29, 1.82) is 0 Å². The van der Waals surface area contributed by atoms with Gasteiger partial charge in [0.1, 0.15) is 31.9 Å². The van der Waals surface area contributed by atoms with Gasteiger partial charge in [0.25, 0.3) is 0 Å². The Balaban J connectivity index is 1.75. The van der Waals surface area contributed by atoms with E-state index < -0.39 is 0 Å². The molecule has 0 radical (unpaired) electrons. The van der Waals surface area contributed by atoms with Gasteiger partial charge >= 0.3 is 0 Å². The summed E-state index contributed by atoms with van der Waals surface area (Å²) >= 11 is 0. The number of quaternary nitrogens is 2. The molecular weight excluding hydrogens is 248 g/mol. The molecule has 20 heavy (non-hydrogen) atoms. The lowest BCUT2D eigenvalue weighted by atomic mass is 10.0. The number of benzene rings is 1. The van der Waals surface area contributed by atoms with E-state index in [1.807, 2.05) is 0 Å². The molecule has 1 aromatic rings. The van der Waals surface area contributed by atoms with Crippen LogP contribution >= 0.6 is 0 Å². The Labute approximate surface area is 123 Å². The molecule has 0 spiro atoms. The third-order valence-electron chi connectivity index (χ3n) is 4.82. The highest BCUT2D eigenvalue weighted by molar-refractivity contribution is 5.27. The molecule has 1 aliphatic rings. The molecule has 0 unspecified atom stereocenters. The smallest absolute Gasteiger partial charge is 0.127 e. The second kappa shape index (κ2) is 7.65. The molecule has 2 rings (SSSR count). The topological polar surface area (TPSA) is 18.1 Å². The van der Waals surface area contributed by atoms with E-state index in [4.69, 9.17) is 4.74 Å². The largest absolute Gasteiger partial charge is 0.497 e. The van der Waals surface area contributed by atoms with Crippen molar-refractivity contribution in [2.75, 3.05) is 39.8 Å². The summed E-state index contributed by atoms with van der Waals surface area (Å²) < 4.78 is 5.20. The van der Waals surface area contributed by atoms with Crippen LogP contribution in [0.1, 0.15) is 25.8 Å². The monoisotopic (exact) mass is 278 g/mol. The van der Waals surface area contributed by atoms with Crippen molar-refractivity contribution in [2.45, 2.75) is 32.7 Å². The number of aryl methyl sites for hydroxylation is 1. The van der Waals surface area contributed by atoms with Crippen molar-refractivity contribution in [1.82, 2.24) is 0 Å². The Morgan fingerprint density at radius 3 is 2.30 bits per heavy atom. The summed E-state index contributed by atoms with van der Waals surface area (Å²) in [6, 6.07) is 9.29. The summed E-state index contributed by atoms with van der Waals surface area (Å²) in [6.07, 6.45) is 2.46. The minimum Gasteiger partial charge on any atom is -0.497 e. The van der Waals surface area contributed by atoms with Gasteiger partial charge in [-0.15, -0.1) is 0 Å². The summed E-state index contributed by atoms with van der Waals surface area (Å²) in [5.74, 6) is 0.950. The van der Waals surface area contributed by atoms with E-state index in [0.717, 1.165) is 11.8 Å². The number of piperazine rings is 1. The van der Waals surface area contributed by atoms with Crippen molar-refractivity contribution >= 4 is 0 Å². The summed E-state index contributed by atoms with van der Waals surface area (Å²) in [7, 11) is 1.72. The number of hydrogen-bond donors (Lipinski definition) is 2. The van der Waals surface area contributed by atoms with Crippen LogP contribution in [-0.4, -0.2) is 45.9 Å². The molecule has 1 atom stereocenters. The average molecular weight is 278 g/mol. The van der Waals surface area contributed by atoms with E-state index in [2.05, 4.69) is 38.1 Å². The van der Waals surface area contributed by atoms with Gasteiger partial charge < -0.3 is 14.5 Å². The maximum atomic E-state index is 5.20. The third-order valence-corrected chi connectivity index (χ3v) is 4.82. The van der Waals surface area contributed by atoms with Crippen molar-refractivity contribution < 1.29 is 14.5 Å². The molecule has 3 heteroatoms. The van der Waals surface area contributed by atoms with Crippen LogP contribution in [0.2, 0.25) is 0 Å².